The Morgan fingerprint density at radius 2 is 2.05 bits per heavy atom. The zero-order chi connectivity index (χ0) is 15.5. The van der Waals surface area contributed by atoms with Crippen LogP contribution in [0, 0.1) is 16.7 Å². The van der Waals surface area contributed by atoms with Crippen LogP contribution in [0.25, 0.3) is 0 Å². The number of hydrogen-bond acceptors (Lipinski definition) is 6. The summed E-state index contributed by atoms with van der Waals surface area (Å²) in [5, 5.41) is 13.0. The molecule has 0 radical (unpaired) electrons. The van der Waals surface area contributed by atoms with Crippen molar-refractivity contribution >= 4 is 5.91 Å². The molecule has 0 aromatic carbocycles. The lowest BCUT2D eigenvalue weighted by atomic mass is 9.93. The van der Waals surface area contributed by atoms with Crippen LogP contribution in [0.2, 0.25) is 0 Å². The van der Waals surface area contributed by atoms with Gasteiger partial charge in [-0.3, -0.25) is 9.69 Å². The van der Waals surface area contributed by atoms with Crippen molar-refractivity contribution in [1.82, 2.24) is 19.9 Å². The van der Waals surface area contributed by atoms with Crippen molar-refractivity contribution in [3.05, 3.63) is 11.7 Å². The van der Waals surface area contributed by atoms with E-state index in [4.69, 9.17) is 9.78 Å². The number of nitrogens with zero attached hydrogens (tertiary/aromatic N) is 5. The third-order valence-corrected chi connectivity index (χ3v) is 3.65. The highest BCUT2D eigenvalue weighted by Crippen LogP contribution is 2.19. The molecule has 7 nitrogen and oxygen atoms in total. The molecule has 114 valence electrons. The maximum absolute atomic E-state index is 12.2. The highest BCUT2D eigenvalue weighted by atomic mass is 16.5. The first kappa shape index (κ1) is 15.4. The minimum atomic E-state index is -0.953. The third-order valence-electron chi connectivity index (χ3n) is 3.65. The van der Waals surface area contributed by atoms with E-state index in [0.717, 1.165) is 19.5 Å². The van der Waals surface area contributed by atoms with E-state index in [9.17, 15) is 4.79 Å². The van der Waals surface area contributed by atoms with Crippen LogP contribution >= 0.6 is 0 Å². The first-order valence-corrected chi connectivity index (χ1v) is 7.20. The Kier molecular flexibility index (Phi) is 4.58. The molecule has 21 heavy (non-hydrogen) atoms. The van der Waals surface area contributed by atoms with Crippen molar-refractivity contribution < 1.29 is 9.32 Å². The number of rotatable bonds is 4. The Balaban J connectivity index is 1.86. The molecule has 0 spiro atoms. The van der Waals surface area contributed by atoms with E-state index in [-0.39, 0.29) is 5.91 Å². The maximum atomic E-state index is 12.2. The van der Waals surface area contributed by atoms with Gasteiger partial charge in [0, 0.05) is 32.6 Å². The standard InChI is InChI=1S/C14H21N5O2/c1-4-12-16-11(17-21-12)9-18-5-7-19(8-6-18)13(20)14(2,3)10-15/h4-9H2,1-3H3. The summed E-state index contributed by atoms with van der Waals surface area (Å²) in [7, 11) is 0. The van der Waals surface area contributed by atoms with E-state index in [1.54, 1.807) is 18.7 Å². The molecule has 2 rings (SSSR count). The van der Waals surface area contributed by atoms with Crippen LogP contribution < -0.4 is 0 Å². The predicted octanol–water partition coefficient (Wildman–Crippen LogP) is 0.826. The van der Waals surface area contributed by atoms with Crippen LogP contribution in [0.4, 0.5) is 0 Å². The highest BCUT2D eigenvalue weighted by Gasteiger charge is 2.33. The first-order valence-electron chi connectivity index (χ1n) is 7.20. The third kappa shape index (κ3) is 3.58. The molecule has 1 aliphatic rings. The summed E-state index contributed by atoms with van der Waals surface area (Å²) in [6.45, 7) is 8.68. The lowest BCUT2D eigenvalue weighted by Gasteiger charge is -2.36. The van der Waals surface area contributed by atoms with Crippen molar-refractivity contribution in [2.45, 2.75) is 33.7 Å². The Morgan fingerprint density at radius 3 is 2.57 bits per heavy atom. The summed E-state index contributed by atoms with van der Waals surface area (Å²) < 4.78 is 5.09. The molecular formula is C14H21N5O2. The Hall–Kier alpha value is -1.94. The van der Waals surface area contributed by atoms with E-state index in [1.807, 2.05) is 6.92 Å². The number of hydrogen-bond donors (Lipinski definition) is 0. The van der Waals surface area contributed by atoms with Crippen LogP contribution in [-0.2, 0) is 17.8 Å². The van der Waals surface area contributed by atoms with Gasteiger partial charge in [0.05, 0.1) is 12.6 Å². The van der Waals surface area contributed by atoms with E-state index >= 15 is 0 Å². The normalized spacial score (nSPS) is 16.8. The molecule has 1 fully saturated rings. The summed E-state index contributed by atoms with van der Waals surface area (Å²) in [5.74, 6) is 1.23. The molecule has 0 atom stereocenters. The molecule has 1 aromatic heterocycles. The Morgan fingerprint density at radius 1 is 1.38 bits per heavy atom. The molecule has 0 N–H and O–H groups in total. The van der Waals surface area contributed by atoms with Gasteiger partial charge in [0.1, 0.15) is 5.41 Å². The van der Waals surface area contributed by atoms with Crippen LogP contribution in [-0.4, -0.2) is 52.0 Å². The van der Waals surface area contributed by atoms with Gasteiger partial charge < -0.3 is 9.42 Å². The molecule has 0 aliphatic carbocycles. The van der Waals surface area contributed by atoms with Gasteiger partial charge in [0.15, 0.2) is 5.82 Å². The van der Waals surface area contributed by atoms with Crippen molar-refractivity contribution in [2.75, 3.05) is 26.2 Å². The van der Waals surface area contributed by atoms with Crippen LogP contribution in [0.15, 0.2) is 4.52 Å². The maximum Gasteiger partial charge on any atom is 0.242 e. The molecule has 1 aromatic rings. The molecule has 0 unspecified atom stereocenters. The second-order valence-electron chi connectivity index (χ2n) is 5.76. The molecule has 0 bridgehead atoms. The minimum Gasteiger partial charge on any atom is -0.339 e. The van der Waals surface area contributed by atoms with Crippen LogP contribution in [0.3, 0.4) is 0 Å². The zero-order valence-corrected chi connectivity index (χ0v) is 12.8. The predicted molar refractivity (Wildman–Crippen MR) is 74.9 cm³/mol. The summed E-state index contributed by atoms with van der Waals surface area (Å²) in [4.78, 5) is 20.4. The van der Waals surface area contributed by atoms with Crippen molar-refractivity contribution in [3.8, 4) is 6.07 Å². The molecule has 7 heteroatoms. The van der Waals surface area contributed by atoms with Gasteiger partial charge in [-0.05, 0) is 13.8 Å². The number of nitriles is 1. The van der Waals surface area contributed by atoms with E-state index in [1.165, 1.54) is 0 Å². The van der Waals surface area contributed by atoms with Crippen LogP contribution in [0.1, 0.15) is 32.5 Å². The smallest absolute Gasteiger partial charge is 0.242 e. The number of aryl methyl sites for hydroxylation is 1. The fourth-order valence-corrected chi connectivity index (χ4v) is 2.25. The average Bonchev–Trinajstić information content (AvgIpc) is 2.95. The molecule has 1 aliphatic heterocycles. The lowest BCUT2D eigenvalue weighted by Crippen LogP contribution is -2.51. The Labute approximate surface area is 124 Å². The van der Waals surface area contributed by atoms with Crippen LogP contribution in [0.5, 0.6) is 0 Å². The van der Waals surface area contributed by atoms with Gasteiger partial charge in [-0.2, -0.15) is 10.2 Å². The average molecular weight is 291 g/mol. The summed E-state index contributed by atoms with van der Waals surface area (Å²) in [6.07, 6.45) is 0.735. The molecule has 2 heterocycles. The monoisotopic (exact) mass is 291 g/mol. The van der Waals surface area contributed by atoms with E-state index < -0.39 is 5.41 Å². The summed E-state index contributed by atoms with van der Waals surface area (Å²) in [6, 6.07) is 2.06. The van der Waals surface area contributed by atoms with Gasteiger partial charge in [-0.1, -0.05) is 12.1 Å². The topological polar surface area (TPSA) is 86.3 Å². The fourth-order valence-electron chi connectivity index (χ4n) is 2.25. The van der Waals surface area contributed by atoms with Gasteiger partial charge in [-0.15, -0.1) is 0 Å². The Bertz CT molecular complexity index is 538. The number of amides is 1. The van der Waals surface area contributed by atoms with Crippen molar-refractivity contribution in [2.24, 2.45) is 5.41 Å². The fraction of sp³-hybridized carbons (Fsp3) is 0.714. The van der Waals surface area contributed by atoms with Gasteiger partial charge in [0.2, 0.25) is 11.8 Å². The first-order chi connectivity index (χ1) is 9.96. The van der Waals surface area contributed by atoms with E-state index in [0.29, 0.717) is 31.3 Å². The second-order valence-corrected chi connectivity index (χ2v) is 5.76. The minimum absolute atomic E-state index is 0.0996. The number of aromatic nitrogens is 2. The largest absolute Gasteiger partial charge is 0.339 e. The molecular weight excluding hydrogens is 270 g/mol. The second kappa shape index (κ2) is 6.22. The van der Waals surface area contributed by atoms with Crippen molar-refractivity contribution in [1.29, 1.82) is 5.26 Å². The number of carbonyl (C=O) groups excluding carboxylic acids is 1. The summed E-state index contributed by atoms with van der Waals surface area (Å²) in [5.41, 5.74) is -0.953. The molecule has 1 saturated heterocycles. The summed E-state index contributed by atoms with van der Waals surface area (Å²) >= 11 is 0. The number of carbonyl (C=O) groups is 1. The highest BCUT2D eigenvalue weighted by molar-refractivity contribution is 5.84. The van der Waals surface area contributed by atoms with Gasteiger partial charge in [0.25, 0.3) is 0 Å². The molecule has 1 amide bonds. The van der Waals surface area contributed by atoms with E-state index in [2.05, 4.69) is 21.1 Å². The van der Waals surface area contributed by atoms with Gasteiger partial charge in [-0.25, -0.2) is 0 Å². The quantitative estimate of drug-likeness (QED) is 0.816. The SMILES string of the molecule is CCc1nc(CN2CCN(C(=O)C(C)(C)C#N)CC2)no1. The van der Waals surface area contributed by atoms with Crippen molar-refractivity contribution in [3.63, 3.8) is 0 Å². The van der Waals surface area contributed by atoms with Gasteiger partial charge >= 0.3 is 0 Å². The lowest BCUT2D eigenvalue weighted by molar-refractivity contribution is -0.139. The zero-order valence-electron chi connectivity index (χ0n) is 12.8. The number of piperazine rings is 1. The molecule has 0 saturated carbocycles.